The number of aliphatic hydroxyl groups is 1. The van der Waals surface area contributed by atoms with Gasteiger partial charge in [0.2, 0.25) is 0 Å². The van der Waals surface area contributed by atoms with Gasteiger partial charge in [0.05, 0.1) is 22.2 Å². The molecule has 3 rings (SSSR count). The van der Waals surface area contributed by atoms with Crippen LogP contribution in [0.2, 0.25) is 0 Å². The van der Waals surface area contributed by atoms with Crippen molar-refractivity contribution < 1.29 is 14.2 Å². The van der Waals surface area contributed by atoms with Gasteiger partial charge in [-0.05, 0) is 28.9 Å². The van der Waals surface area contributed by atoms with Crippen LogP contribution in [0.4, 0.5) is 4.39 Å². The minimum atomic E-state index is -0.793. The number of rotatable bonds is 1. The minimum Gasteiger partial charge on any atom is -0.491 e. The van der Waals surface area contributed by atoms with E-state index in [0.29, 0.717) is 22.2 Å². The Morgan fingerprint density at radius 1 is 1.67 bits per heavy atom. The standard InChI is InChI=1S/C12H12BrFN2O2/c1-5-4-18-12-7(13)3-8(14)10-9(12)11(5)16(15-10)6(2)17/h3,5-6,17H,4H2,1-2H3. The van der Waals surface area contributed by atoms with Crippen molar-refractivity contribution in [3.8, 4) is 5.75 Å². The van der Waals surface area contributed by atoms with Crippen molar-refractivity contribution in [1.29, 1.82) is 0 Å². The molecule has 2 heterocycles. The van der Waals surface area contributed by atoms with Gasteiger partial charge in [0.15, 0.2) is 5.82 Å². The van der Waals surface area contributed by atoms with Gasteiger partial charge in [0.25, 0.3) is 0 Å². The maximum Gasteiger partial charge on any atom is 0.152 e. The monoisotopic (exact) mass is 314 g/mol. The molecule has 1 aromatic heterocycles. The van der Waals surface area contributed by atoms with Crippen molar-refractivity contribution >= 4 is 26.8 Å². The van der Waals surface area contributed by atoms with Crippen molar-refractivity contribution in [2.45, 2.75) is 26.0 Å². The van der Waals surface area contributed by atoms with E-state index in [0.717, 1.165) is 5.69 Å². The Balaban J connectivity index is 2.47. The molecule has 2 atom stereocenters. The van der Waals surface area contributed by atoms with Crippen LogP contribution in [0.1, 0.15) is 31.7 Å². The van der Waals surface area contributed by atoms with Crippen LogP contribution in [-0.4, -0.2) is 21.5 Å². The molecule has 2 aromatic rings. The Morgan fingerprint density at radius 2 is 2.39 bits per heavy atom. The van der Waals surface area contributed by atoms with Crippen LogP contribution >= 0.6 is 15.9 Å². The fourth-order valence-corrected chi connectivity index (χ4v) is 2.90. The Labute approximate surface area is 111 Å². The minimum absolute atomic E-state index is 0.0609. The second-order valence-electron chi connectivity index (χ2n) is 4.57. The van der Waals surface area contributed by atoms with Crippen LogP contribution in [0.5, 0.6) is 5.75 Å². The first-order valence-electron chi connectivity index (χ1n) is 5.71. The molecule has 1 aliphatic rings. The van der Waals surface area contributed by atoms with Crippen LogP contribution in [0.25, 0.3) is 10.9 Å². The summed E-state index contributed by atoms with van der Waals surface area (Å²) in [4.78, 5) is 0. The largest absolute Gasteiger partial charge is 0.491 e. The van der Waals surface area contributed by atoms with Gasteiger partial charge >= 0.3 is 0 Å². The molecule has 0 radical (unpaired) electrons. The average molecular weight is 315 g/mol. The fourth-order valence-electron chi connectivity index (χ4n) is 2.39. The Hall–Kier alpha value is -1.14. The lowest BCUT2D eigenvalue weighted by Gasteiger charge is -2.23. The molecule has 1 aromatic carbocycles. The molecule has 0 amide bonds. The highest BCUT2D eigenvalue weighted by molar-refractivity contribution is 9.10. The molecule has 0 saturated heterocycles. The van der Waals surface area contributed by atoms with Gasteiger partial charge in [-0.1, -0.05) is 6.92 Å². The second-order valence-corrected chi connectivity index (χ2v) is 5.42. The van der Waals surface area contributed by atoms with Gasteiger partial charge in [-0.3, -0.25) is 0 Å². The molecule has 1 aliphatic heterocycles. The summed E-state index contributed by atoms with van der Waals surface area (Å²) in [6, 6.07) is 1.34. The first-order chi connectivity index (χ1) is 8.50. The predicted octanol–water partition coefficient (Wildman–Crippen LogP) is 2.94. The number of aliphatic hydroxyl groups excluding tert-OH is 1. The van der Waals surface area contributed by atoms with E-state index < -0.39 is 12.0 Å². The van der Waals surface area contributed by atoms with Crippen LogP contribution < -0.4 is 4.74 Å². The van der Waals surface area contributed by atoms with Crippen molar-refractivity contribution in [1.82, 2.24) is 9.78 Å². The van der Waals surface area contributed by atoms with Crippen molar-refractivity contribution in [3.63, 3.8) is 0 Å². The maximum atomic E-state index is 13.9. The highest BCUT2D eigenvalue weighted by Gasteiger charge is 2.30. The number of aromatic nitrogens is 2. The van der Waals surface area contributed by atoms with E-state index in [9.17, 15) is 9.50 Å². The number of hydrogen-bond acceptors (Lipinski definition) is 3. The Bertz CT molecular complexity index is 639. The summed E-state index contributed by atoms with van der Waals surface area (Å²) in [6.07, 6.45) is -0.793. The zero-order valence-corrected chi connectivity index (χ0v) is 11.5. The molecule has 0 fully saturated rings. The van der Waals surface area contributed by atoms with Crippen LogP contribution in [-0.2, 0) is 0 Å². The van der Waals surface area contributed by atoms with E-state index in [-0.39, 0.29) is 11.4 Å². The highest BCUT2D eigenvalue weighted by Crippen LogP contribution is 2.43. The molecule has 18 heavy (non-hydrogen) atoms. The maximum absolute atomic E-state index is 13.9. The Kier molecular flexibility index (Phi) is 2.60. The zero-order chi connectivity index (χ0) is 13.0. The average Bonchev–Trinajstić information content (AvgIpc) is 2.69. The normalized spacial score (nSPS) is 19.9. The first kappa shape index (κ1) is 11.9. The first-order valence-corrected chi connectivity index (χ1v) is 6.51. The SMILES string of the molecule is CC1COc2c(Br)cc(F)c3nn(C(C)O)c1c23. The van der Waals surface area contributed by atoms with Gasteiger partial charge in [-0.2, -0.15) is 5.10 Å². The van der Waals surface area contributed by atoms with E-state index in [1.807, 2.05) is 6.92 Å². The second kappa shape index (κ2) is 3.93. The van der Waals surface area contributed by atoms with Gasteiger partial charge in [0, 0.05) is 5.92 Å². The van der Waals surface area contributed by atoms with E-state index in [2.05, 4.69) is 21.0 Å². The molecule has 0 saturated carbocycles. The molecule has 1 N–H and O–H groups in total. The third kappa shape index (κ3) is 1.48. The van der Waals surface area contributed by atoms with Crippen LogP contribution in [0, 0.1) is 5.82 Å². The third-order valence-electron chi connectivity index (χ3n) is 3.17. The summed E-state index contributed by atoms with van der Waals surface area (Å²) in [5.41, 5.74) is 1.07. The molecular formula is C12H12BrFN2O2. The van der Waals surface area contributed by atoms with Gasteiger partial charge in [0.1, 0.15) is 17.5 Å². The topological polar surface area (TPSA) is 47.3 Å². The summed E-state index contributed by atoms with van der Waals surface area (Å²) in [7, 11) is 0. The molecule has 4 nitrogen and oxygen atoms in total. The molecule has 0 bridgehead atoms. The number of halogens is 2. The van der Waals surface area contributed by atoms with E-state index >= 15 is 0 Å². The van der Waals surface area contributed by atoms with Gasteiger partial charge < -0.3 is 9.84 Å². The fraction of sp³-hybridized carbons (Fsp3) is 0.417. The highest BCUT2D eigenvalue weighted by atomic mass is 79.9. The van der Waals surface area contributed by atoms with E-state index in [1.165, 1.54) is 10.7 Å². The molecule has 96 valence electrons. The van der Waals surface area contributed by atoms with E-state index in [4.69, 9.17) is 4.74 Å². The molecular weight excluding hydrogens is 303 g/mol. The molecule has 0 aliphatic carbocycles. The van der Waals surface area contributed by atoms with Crippen LogP contribution in [0.15, 0.2) is 10.5 Å². The lowest BCUT2D eigenvalue weighted by atomic mass is 10.0. The Morgan fingerprint density at radius 3 is 3.06 bits per heavy atom. The van der Waals surface area contributed by atoms with E-state index in [1.54, 1.807) is 6.92 Å². The van der Waals surface area contributed by atoms with Gasteiger partial charge in [-0.25, -0.2) is 9.07 Å². The zero-order valence-electron chi connectivity index (χ0n) is 9.94. The number of nitrogens with zero attached hydrogens (tertiary/aromatic N) is 2. The summed E-state index contributed by atoms with van der Waals surface area (Å²) < 4.78 is 21.6. The van der Waals surface area contributed by atoms with Gasteiger partial charge in [-0.15, -0.1) is 0 Å². The predicted molar refractivity (Wildman–Crippen MR) is 68.2 cm³/mol. The summed E-state index contributed by atoms with van der Waals surface area (Å²) in [6.45, 7) is 4.07. The number of benzene rings is 1. The van der Waals surface area contributed by atoms with Crippen molar-refractivity contribution in [2.75, 3.05) is 6.61 Å². The smallest absolute Gasteiger partial charge is 0.152 e. The number of hydrogen-bond donors (Lipinski definition) is 1. The van der Waals surface area contributed by atoms with Crippen LogP contribution in [0.3, 0.4) is 0 Å². The lowest BCUT2D eigenvalue weighted by Crippen LogP contribution is -2.19. The molecule has 6 heteroatoms. The van der Waals surface area contributed by atoms with Crippen molar-refractivity contribution in [3.05, 3.63) is 22.1 Å². The lowest BCUT2D eigenvalue weighted by molar-refractivity contribution is 0.105. The summed E-state index contributed by atoms with van der Waals surface area (Å²) >= 11 is 3.30. The summed E-state index contributed by atoms with van der Waals surface area (Å²) in [5.74, 6) is 0.246. The molecule has 2 unspecified atom stereocenters. The quantitative estimate of drug-likeness (QED) is 0.880. The summed E-state index contributed by atoms with van der Waals surface area (Å²) in [5, 5.41) is 14.6. The molecule has 0 spiro atoms. The number of ether oxygens (including phenoxy) is 1. The third-order valence-corrected chi connectivity index (χ3v) is 3.76. The van der Waals surface area contributed by atoms with Crippen molar-refractivity contribution in [2.24, 2.45) is 0 Å².